The molecule has 0 saturated heterocycles. The third kappa shape index (κ3) is 6.48. The van der Waals surface area contributed by atoms with Crippen LogP contribution in [0.1, 0.15) is 25.0 Å². The van der Waals surface area contributed by atoms with Crippen molar-refractivity contribution in [2.45, 2.75) is 13.8 Å². The third-order valence-electron chi connectivity index (χ3n) is 5.66. The van der Waals surface area contributed by atoms with Crippen LogP contribution in [0.25, 0.3) is 11.4 Å². The molecule has 0 atom stereocenters. The van der Waals surface area contributed by atoms with Gasteiger partial charge in [0.05, 0.1) is 11.4 Å². The van der Waals surface area contributed by atoms with Gasteiger partial charge in [-0.25, -0.2) is 0 Å². The van der Waals surface area contributed by atoms with Crippen molar-refractivity contribution >= 4 is 23.0 Å². The molecular formula is C30H28CuN2O2. The summed E-state index contributed by atoms with van der Waals surface area (Å²) < 4.78 is 0. The fourth-order valence-corrected chi connectivity index (χ4v) is 3.97. The van der Waals surface area contributed by atoms with Crippen LogP contribution in [0.5, 0.6) is 0 Å². The molecule has 0 fully saturated rings. The molecule has 0 unspecified atom stereocenters. The third-order valence-corrected chi connectivity index (χ3v) is 5.66. The first-order valence-electron chi connectivity index (χ1n) is 11.4. The summed E-state index contributed by atoms with van der Waals surface area (Å²) in [5.41, 5.74) is 6.89. The van der Waals surface area contributed by atoms with Gasteiger partial charge in [-0.3, -0.25) is 9.59 Å². The molecule has 4 nitrogen and oxygen atoms in total. The topological polar surface area (TPSA) is 58.2 Å². The summed E-state index contributed by atoms with van der Waals surface area (Å²) in [5.74, 6) is -0.0330. The molecule has 1 radical (unpaired) electrons. The van der Waals surface area contributed by atoms with Crippen molar-refractivity contribution in [1.29, 1.82) is 0 Å². The van der Waals surface area contributed by atoms with Gasteiger partial charge in [-0.15, -0.1) is 0 Å². The van der Waals surface area contributed by atoms with E-state index >= 15 is 0 Å². The number of carbonyl (C=O) groups is 2. The predicted molar refractivity (Wildman–Crippen MR) is 139 cm³/mol. The predicted octanol–water partition coefficient (Wildman–Crippen LogP) is 5.16. The first kappa shape index (κ1) is 26.0. The Morgan fingerprint density at radius 3 is 1.34 bits per heavy atom. The van der Waals surface area contributed by atoms with Gasteiger partial charge < -0.3 is 10.6 Å². The Hall–Kier alpha value is -3.66. The van der Waals surface area contributed by atoms with Crippen LogP contribution < -0.4 is 10.6 Å². The van der Waals surface area contributed by atoms with Crippen LogP contribution in [0.3, 0.4) is 0 Å². The van der Waals surface area contributed by atoms with E-state index in [-0.39, 0.29) is 28.6 Å². The number of rotatable bonds is 7. The zero-order valence-electron chi connectivity index (χ0n) is 19.8. The maximum Gasteiger partial charge on any atom is 0.187 e. The smallest absolute Gasteiger partial charge is 0.187 e. The van der Waals surface area contributed by atoms with Crippen LogP contribution in [0.15, 0.2) is 119 Å². The second-order valence-corrected chi connectivity index (χ2v) is 8.33. The molecule has 5 heteroatoms. The minimum atomic E-state index is -0.0165. The van der Waals surface area contributed by atoms with Gasteiger partial charge in [0.1, 0.15) is 0 Å². The van der Waals surface area contributed by atoms with Crippen molar-refractivity contribution in [2.24, 2.45) is 0 Å². The van der Waals surface area contributed by atoms with Crippen molar-refractivity contribution < 1.29 is 26.7 Å². The Morgan fingerprint density at radius 2 is 0.971 bits per heavy atom. The van der Waals surface area contributed by atoms with Crippen molar-refractivity contribution in [1.82, 2.24) is 10.6 Å². The van der Waals surface area contributed by atoms with Crippen LogP contribution in [0, 0.1) is 0 Å². The zero-order chi connectivity index (χ0) is 23.9. The molecule has 0 bridgehead atoms. The van der Waals surface area contributed by atoms with Crippen LogP contribution in [0.4, 0.5) is 0 Å². The van der Waals surface area contributed by atoms with E-state index in [1.54, 1.807) is 12.2 Å². The average Bonchev–Trinajstić information content (AvgIpc) is 2.86. The first-order valence-corrected chi connectivity index (χ1v) is 11.4. The molecule has 2 aromatic carbocycles. The number of hydrogen-bond donors (Lipinski definition) is 2. The van der Waals surface area contributed by atoms with E-state index in [2.05, 4.69) is 10.6 Å². The summed E-state index contributed by atoms with van der Waals surface area (Å²) in [6, 6.07) is 19.8. The van der Waals surface area contributed by atoms with E-state index in [9.17, 15) is 9.59 Å². The van der Waals surface area contributed by atoms with Crippen molar-refractivity contribution in [3.8, 4) is 0 Å². The summed E-state index contributed by atoms with van der Waals surface area (Å²) in [5, 5.41) is 6.93. The normalized spacial score (nSPS) is 17.8. The van der Waals surface area contributed by atoms with Crippen LogP contribution in [-0.4, -0.2) is 24.7 Å². The quantitative estimate of drug-likeness (QED) is 0.306. The van der Waals surface area contributed by atoms with Gasteiger partial charge in [0.2, 0.25) is 0 Å². The van der Waals surface area contributed by atoms with Gasteiger partial charge in [0.15, 0.2) is 11.6 Å². The average molecular weight is 512 g/mol. The molecule has 2 aliphatic carbocycles. The van der Waals surface area contributed by atoms with Gasteiger partial charge in [-0.1, -0.05) is 84.0 Å². The summed E-state index contributed by atoms with van der Waals surface area (Å²) in [7, 11) is 0. The second kappa shape index (κ2) is 12.2. The van der Waals surface area contributed by atoms with Gasteiger partial charge in [0.25, 0.3) is 0 Å². The van der Waals surface area contributed by atoms with Crippen LogP contribution in [0.2, 0.25) is 0 Å². The summed E-state index contributed by atoms with van der Waals surface area (Å²) in [6.45, 7) is 5.09. The summed E-state index contributed by atoms with van der Waals surface area (Å²) in [6.07, 6.45) is 10.7. The zero-order valence-corrected chi connectivity index (χ0v) is 20.7. The Morgan fingerprint density at radius 1 is 0.600 bits per heavy atom. The molecule has 2 aliphatic rings. The molecular weight excluding hydrogens is 484 g/mol. The molecule has 0 amide bonds. The van der Waals surface area contributed by atoms with Crippen LogP contribution in [-0.2, 0) is 26.7 Å². The van der Waals surface area contributed by atoms with Gasteiger partial charge >= 0.3 is 0 Å². The minimum absolute atomic E-state index is 0. The maximum absolute atomic E-state index is 12.7. The molecule has 181 valence electrons. The number of carbonyl (C=O) groups excluding carboxylic acids is 2. The Balaban J connectivity index is 0.00000342. The number of allylic oxidation sites excluding steroid dienone is 10. The minimum Gasteiger partial charge on any atom is -0.382 e. The number of ketones is 2. The van der Waals surface area contributed by atoms with Gasteiger partial charge in [-0.2, -0.15) is 0 Å². The van der Waals surface area contributed by atoms with Crippen LogP contribution >= 0.6 is 0 Å². The number of hydrogen-bond acceptors (Lipinski definition) is 4. The van der Waals surface area contributed by atoms with Crippen molar-refractivity contribution in [2.75, 3.05) is 13.1 Å². The Labute approximate surface area is 217 Å². The molecule has 35 heavy (non-hydrogen) atoms. The van der Waals surface area contributed by atoms with Gasteiger partial charge in [0, 0.05) is 41.3 Å². The summed E-state index contributed by atoms with van der Waals surface area (Å²) in [4.78, 5) is 25.3. The van der Waals surface area contributed by atoms with Crippen molar-refractivity contribution in [3.63, 3.8) is 0 Å². The fraction of sp³-hybridized carbons (Fsp3) is 0.133. The molecule has 4 rings (SSSR count). The van der Waals surface area contributed by atoms with E-state index in [0.29, 0.717) is 24.2 Å². The first-order chi connectivity index (χ1) is 16.5. The Bertz CT molecular complexity index is 1180. The molecule has 2 N–H and O–H groups in total. The molecule has 0 heterocycles. The standard InChI is InChI=1S/C30H28N2O2.Cu/c1-21-13-15-27(33)25(19-21)29(23-9-5-3-6-10-23)31-17-18-32-30(24-11-7-4-8-12-24)26-20-22(2)14-16-28(26)34;/h3-16,19-20,31-32H,17-18H2,1-2H3;. The molecule has 0 spiro atoms. The SMILES string of the molecule is CC1=CC(=C(NCCNC(=C2C=C(C)C=CC2=O)c2ccccc2)c2ccccc2)C(=O)C=C1.[Cu]. The van der Waals surface area contributed by atoms with E-state index in [0.717, 1.165) is 33.7 Å². The molecule has 0 saturated carbocycles. The van der Waals surface area contributed by atoms with Gasteiger partial charge in [-0.05, 0) is 49.3 Å². The van der Waals surface area contributed by atoms with E-state index in [1.807, 2.05) is 98.8 Å². The molecule has 0 aliphatic heterocycles. The maximum atomic E-state index is 12.7. The molecule has 0 aromatic heterocycles. The summed E-state index contributed by atoms with van der Waals surface area (Å²) >= 11 is 0. The number of nitrogens with one attached hydrogen (secondary N) is 2. The number of benzene rings is 2. The van der Waals surface area contributed by atoms with E-state index in [4.69, 9.17) is 0 Å². The Kier molecular flexibility index (Phi) is 9.02. The largest absolute Gasteiger partial charge is 0.382 e. The van der Waals surface area contributed by atoms with Crippen molar-refractivity contribution in [3.05, 3.63) is 131 Å². The fourth-order valence-electron chi connectivity index (χ4n) is 3.97. The monoisotopic (exact) mass is 511 g/mol. The van der Waals surface area contributed by atoms with E-state index in [1.165, 1.54) is 0 Å². The molecule has 2 aromatic rings. The second-order valence-electron chi connectivity index (χ2n) is 8.33. The van der Waals surface area contributed by atoms with E-state index < -0.39 is 0 Å².